The van der Waals surface area contributed by atoms with E-state index in [1.807, 2.05) is 0 Å². The third-order valence-electron chi connectivity index (χ3n) is 2.05. The Bertz CT molecular complexity index is 237. The molecule has 0 radical (unpaired) electrons. The average Bonchev–Trinajstić information content (AvgIpc) is 2.42. The predicted molar refractivity (Wildman–Crippen MR) is 46.9 cm³/mol. The van der Waals surface area contributed by atoms with E-state index in [9.17, 15) is 9.59 Å². The lowest BCUT2D eigenvalue weighted by atomic mass is 10.1. The molecule has 1 aliphatic rings. The van der Waals surface area contributed by atoms with Crippen LogP contribution in [0.5, 0.6) is 0 Å². The number of nitrogens with zero attached hydrogens (tertiary/aromatic N) is 1. The summed E-state index contributed by atoms with van der Waals surface area (Å²) in [6.45, 7) is 4.26. The lowest BCUT2D eigenvalue weighted by Crippen LogP contribution is -2.20. The zero-order valence-corrected chi connectivity index (χ0v) is 7.66. The molecule has 72 valence electrons. The summed E-state index contributed by atoms with van der Waals surface area (Å²) in [6, 6.07) is 0. The number of carbonyl (C=O) groups excluding carboxylic acids is 2. The van der Waals surface area contributed by atoms with Crippen LogP contribution < -0.4 is 0 Å². The fourth-order valence-corrected chi connectivity index (χ4v) is 1.33. The fraction of sp³-hybridized carbons (Fsp3) is 0.556. The van der Waals surface area contributed by atoms with Gasteiger partial charge in [-0.3, -0.25) is 4.79 Å². The molecule has 0 aromatic heterocycles. The minimum atomic E-state index is -0.429. The Morgan fingerprint density at radius 3 is 3.00 bits per heavy atom. The number of hydrogen-bond donors (Lipinski definition) is 0. The quantitative estimate of drug-likeness (QED) is 0.463. The van der Waals surface area contributed by atoms with Gasteiger partial charge in [-0.1, -0.05) is 6.58 Å². The topological polar surface area (TPSA) is 46.6 Å². The Morgan fingerprint density at radius 1 is 1.85 bits per heavy atom. The molecule has 1 rings (SSSR count). The van der Waals surface area contributed by atoms with Crippen LogP contribution in [-0.4, -0.2) is 37.0 Å². The number of hydrogen-bond acceptors (Lipinski definition) is 3. The minimum Gasteiger partial charge on any atom is -0.462 e. The lowest BCUT2D eigenvalue weighted by molar-refractivity contribution is -0.139. The molecule has 0 aromatic rings. The van der Waals surface area contributed by atoms with Crippen LogP contribution in [0.15, 0.2) is 12.7 Å². The van der Waals surface area contributed by atoms with E-state index in [1.165, 1.54) is 0 Å². The van der Waals surface area contributed by atoms with E-state index < -0.39 is 5.97 Å². The van der Waals surface area contributed by atoms with Gasteiger partial charge < -0.3 is 9.64 Å². The van der Waals surface area contributed by atoms with Crippen molar-refractivity contribution in [3.63, 3.8) is 0 Å². The smallest absolute Gasteiger partial charge is 0.330 e. The number of ether oxygens (including phenoxy) is 1. The molecule has 1 heterocycles. The SMILES string of the molecule is C=CC(=O)OCC1CC(=O)N(C)C1. The van der Waals surface area contributed by atoms with Crippen molar-refractivity contribution < 1.29 is 14.3 Å². The highest BCUT2D eigenvalue weighted by molar-refractivity contribution is 5.81. The van der Waals surface area contributed by atoms with Crippen LogP contribution in [0.1, 0.15) is 6.42 Å². The normalized spacial score (nSPS) is 21.8. The molecule has 1 unspecified atom stereocenters. The molecule has 0 aliphatic carbocycles. The van der Waals surface area contributed by atoms with Crippen LogP contribution in [0.4, 0.5) is 0 Å². The molecule has 0 spiro atoms. The van der Waals surface area contributed by atoms with Crippen LogP contribution >= 0.6 is 0 Å². The van der Waals surface area contributed by atoms with Crippen molar-refractivity contribution in [2.75, 3.05) is 20.2 Å². The van der Waals surface area contributed by atoms with Crippen LogP contribution in [-0.2, 0) is 14.3 Å². The first-order valence-electron chi connectivity index (χ1n) is 4.16. The highest BCUT2D eigenvalue weighted by Crippen LogP contribution is 2.15. The summed E-state index contributed by atoms with van der Waals surface area (Å²) in [7, 11) is 1.75. The molecule has 13 heavy (non-hydrogen) atoms. The van der Waals surface area contributed by atoms with Gasteiger partial charge in [0.15, 0.2) is 0 Å². The predicted octanol–water partition coefficient (Wildman–Crippen LogP) is 0.194. The van der Waals surface area contributed by atoms with Gasteiger partial charge in [-0.05, 0) is 0 Å². The van der Waals surface area contributed by atoms with Gasteiger partial charge >= 0.3 is 5.97 Å². The molecule has 4 nitrogen and oxygen atoms in total. The molecule has 1 aliphatic heterocycles. The molecule has 1 fully saturated rings. The Hall–Kier alpha value is -1.32. The Labute approximate surface area is 77.2 Å². The molecule has 1 atom stereocenters. The first-order chi connectivity index (χ1) is 6.13. The third-order valence-corrected chi connectivity index (χ3v) is 2.05. The van der Waals surface area contributed by atoms with Crippen LogP contribution in [0.3, 0.4) is 0 Å². The van der Waals surface area contributed by atoms with Crippen molar-refractivity contribution >= 4 is 11.9 Å². The van der Waals surface area contributed by atoms with Crippen molar-refractivity contribution in [1.29, 1.82) is 0 Å². The van der Waals surface area contributed by atoms with E-state index in [4.69, 9.17) is 4.74 Å². The molecule has 0 bridgehead atoms. The minimum absolute atomic E-state index is 0.111. The van der Waals surface area contributed by atoms with Crippen molar-refractivity contribution in [1.82, 2.24) is 4.90 Å². The molecule has 0 aromatic carbocycles. The Balaban J connectivity index is 2.28. The molecule has 0 saturated carbocycles. The van der Waals surface area contributed by atoms with Crippen LogP contribution in [0.2, 0.25) is 0 Å². The highest BCUT2D eigenvalue weighted by Gasteiger charge is 2.27. The number of carbonyl (C=O) groups is 2. The number of esters is 1. The Morgan fingerprint density at radius 2 is 2.54 bits per heavy atom. The largest absolute Gasteiger partial charge is 0.462 e. The molecule has 0 N–H and O–H groups in total. The van der Waals surface area contributed by atoms with Crippen molar-refractivity contribution in [3.8, 4) is 0 Å². The van der Waals surface area contributed by atoms with Gasteiger partial charge in [0, 0.05) is 32.0 Å². The average molecular weight is 183 g/mol. The van der Waals surface area contributed by atoms with Gasteiger partial charge in [0.25, 0.3) is 0 Å². The Kier molecular flexibility index (Phi) is 3.06. The second-order valence-electron chi connectivity index (χ2n) is 3.18. The molecular formula is C9H13NO3. The van der Waals surface area contributed by atoms with Gasteiger partial charge in [0.2, 0.25) is 5.91 Å². The van der Waals surface area contributed by atoms with E-state index >= 15 is 0 Å². The maximum atomic E-state index is 11.1. The van der Waals surface area contributed by atoms with Gasteiger partial charge in [-0.25, -0.2) is 4.79 Å². The van der Waals surface area contributed by atoms with Crippen molar-refractivity contribution in [3.05, 3.63) is 12.7 Å². The van der Waals surface area contributed by atoms with E-state index in [2.05, 4.69) is 6.58 Å². The van der Waals surface area contributed by atoms with Crippen LogP contribution in [0.25, 0.3) is 0 Å². The molecule has 1 saturated heterocycles. The van der Waals surface area contributed by atoms with Gasteiger partial charge in [0.05, 0.1) is 6.61 Å². The van der Waals surface area contributed by atoms with Crippen molar-refractivity contribution in [2.24, 2.45) is 5.92 Å². The maximum Gasteiger partial charge on any atom is 0.330 e. The molecule has 4 heteroatoms. The second-order valence-corrected chi connectivity index (χ2v) is 3.18. The fourth-order valence-electron chi connectivity index (χ4n) is 1.33. The van der Waals surface area contributed by atoms with E-state index in [1.54, 1.807) is 11.9 Å². The summed E-state index contributed by atoms with van der Waals surface area (Å²) in [5, 5.41) is 0. The number of likely N-dealkylation sites (tertiary alicyclic amines) is 1. The monoisotopic (exact) mass is 183 g/mol. The summed E-state index contributed by atoms with van der Waals surface area (Å²) < 4.78 is 4.84. The van der Waals surface area contributed by atoms with Crippen molar-refractivity contribution in [2.45, 2.75) is 6.42 Å². The van der Waals surface area contributed by atoms with Gasteiger partial charge in [0.1, 0.15) is 0 Å². The third kappa shape index (κ3) is 2.57. The zero-order chi connectivity index (χ0) is 9.84. The molecular weight excluding hydrogens is 170 g/mol. The van der Waals surface area contributed by atoms with E-state index in [-0.39, 0.29) is 11.8 Å². The number of rotatable bonds is 3. The van der Waals surface area contributed by atoms with Gasteiger partial charge in [-0.15, -0.1) is 0 Å². The maximum absolute atomic E-state index is 11.1. The highest BCUT2D eigenvalue weighted by atomic mass is 16.5. The molecule has 1 amide bonds. The number of amides is 1. The summed E-state index contributed by atoms with van der Waals surface area (Å²) in [6.07, 6.45) is 1.60. The van der Waals surface area contributed by atoms with E-state index in [0.29, 0.717) is 19.6 Å². The summed E-state index contributed by atoms with van der Waals surface area (Å²) in [5.41, 5.74) is 0. The second kappa shape index (κ2) is 4.07. The van der Waals surface area contributed by atoms with E-state index in [0.717, 1.165) is 6.08 Å². The zero-order valence-electron chi connectivity index (χ0n) is 7.66. The first kappa shape index (κ1) is 9.77. The standard InChI is InChI=1S/C9H13NO3/c1-3-9(12)13-6-7-4-8(11)10(2)5-7/h3,7H,1,4-6H2,2H3. The first-order valence-corrected chi connectivity index (χ1v) is 4.16. The van der Waals surface area contributed by atoms with Gasteiger partial charge in [-0.2, -0.15) is 0 Å². The summed E-state index contributed by atoms with van der Waals surface area (Å²) in [4.78, 5) is 23.4. The van der Waals surface area contributed by atoms with Crippen LogP contribution in [0, 0.1) is 5.92 Å². The summed E-state index contributed by atoms with van der Waals surface area (Å²) in [5.74, 6) is -0.178. The lowest BCUT2D eigenvalue weighted by Gasteiger charge is -2.09. The summed E-state index contributed by atoms with van der Waals surface area (Å²) >= 11 is 0.